The van der Waals surface area contributed by atoms with Crippen molar-refractivity contribution >= 4 is 6.29 Å². The van der Waals surface area contributed by atoms with Crippen molar-refractivity contribution in [2.45, 2.75) is 50.5 Å². The number of azide groups is 1. The summed E-state index contributed by atoms with van der Waals surface area (Å²) in [6, 6.07) is 5.78. The maximum atomic E-state index is 10.7. The molecule has 1 aliphatic rings. The van der Waals surface area contributed by atoms with Gasteiger partial charge in [0.1, 0.15) is 6.29 Å². The average Bonchev–Trinajstić information content (AvgIpc) is 3.08. The SMILES string of the molecule is COc1ccc([C@H](CCC=O)CN=[N+]=[N-])cc1OC1CCCC1. The van der Waals surface area contributed by atoms with Crippen LogP contribution in [-0.4, -0.2) is 26.0 Å². The number of hydrogen-bond donors (Lipinski definition) is 0. The highest BCUT2D eigenvalue weighted by atomic mass is 16.5. The lowest BCUT2D eigenvalue weighted by Gasteiger charge is -2.19. The highest BCUT2D eigenvalue weighted by Gasteiger charge is 2.20. The van der Waals surface area contributed by atoms with Gasteiger partial charge in [0, 0.05) is 17.9 Å². The molecule has 0 amide bonds. The summed E-state index contributed by atoms with van der Waals surface area (Å²) in [6.07, 6.45) is 6.76. The molecular weight excluding hydrogens is 294 g/mol. The first-order chi connectivity index (χ1) is 11.3. The predicted octanol–water partition coefficient (Wildman–Crippen LogP) is 4.39. The minimum absolute atomic E-state index is 0.00735. The van der Waals surface area contributed by atoms with Crippen LogP contribution in [0.25, 0.3) is 10.4 Å². The van der Waals surface area contributed by atoms with Crippen molar-refractivity contribution < 1.29 is 14.3 Å². The molecular formula is C17H23N3O3. The Kier molecular flexibility index (Phi) is 6.76. The van der Waals surface area contributed by atoms with Gasteiger partial charge in [0.05, 0.1) is 13.2 Å². The smallest absolute Gasteiger partial charge is 0.161 e. The van der Waals surface area contributed by atoms with Gasteiger partial charge in [-0.3, -0.25) is 0 Å². The van der Waals surface area contributed by atoms with E-state index in [-0.39, 0.29) is 12.0 Å². The summed E-state index contributed by atoms with van der Waals surface area (Å²) in [7, 11) is 1.63. The lowest BCUT2D eigenvalue weighted by Crippen LogP contribution is -2.12. The molecule has 1 aromatic carbocycles. The molecule has 23 heavy (non-hydrogen) atoms. The van der Waals surface area contributed by atoms with Gasteiger partial charge in [-0.25, -0.2) is 0 Å². The summed E-state index contributed by atoms with van der Waals surface area (Å²) in [5, 5.41) is 3.67. The third-order valence-corrected chi connectivity index (χ3v) is 4.25. The Hall–Kier alpha value is -2.20. The van der Waals surface area contributed by atoms with Gasteiger partial charge in [-0.2, -0.15) is 0 Å². The maximum Gasteiger partial charge on any atom is 0.161 e. The highest BCUT2D eigenvalue weighted by Crippen LogP contribution is 2.35. The van der Waals surface area contributed by atoms with Crippen LogP contribution in [0.2, 0.25) is 0 Å². The van der Waals surface area contributed by atoms with Crippen LogP contribution in [-0.2, 0) is 4.79 Å². The van der Waals surface area contributed by atoms with Gasteiger partial charge in [-0.1, -0.05) is 11.2 Å². The van der Waals surface area contributed by atoms with Crippen LogP contribution in [0.3, 0.4) is 0 Å². The maximum absolute atomic E-state index is 10.7. The Morgan fingerprint density at radius 2 is 2.17 bits per heavy atom. The van der Waals surface area contributed by atoms with Gasteiger partial charge in [-0.15, -0.1) is 0 Å². The largest absolute Gasteiger partial charge is 0.493 e. The van der Waals surface area contributed by atoms with E-state index in [1.807, 2.05) is 18.2 Å². The minimum Gasteiger partial charge on any atom is -0.493 e. The van der Waals surface area contributed by atoms with Crippen molar-refractivity contribution in [3.63, 3.8) is 0 Å². The number of methoxy groups -OCH3 is 1. The van der Waals surface area contributed by atoms with Gasteiger partial charge < -0.3 is 14.3 Å². The van der Waals surface area contributed by atoms with Gasteiger partial charge >= 0.3 is 0 Å². The quantitative estimate of drug-likeness (QED) is 0.293. The van der Waals surface area contributed by atoms with E-state index in [1.165, 1.54) is 12.8 Å². The fourth-order valence-electron chi connectivity index (χ4n) is 2.99. The third-order valence-electron chi connectivity index (χ3n) is 4.25. The molecule has 6 heteroatoms. The van der Waals surface area contributed by atoms with E-state index in [0.29, 0.717) is 25.1 Å². The Labute approximate surface area is 136 Å². The molecule has 1 aromatic rings. The van der Waals surface area contributed by atoms with E-state index in [0.717, 1.165) is 30.4 Å². The summed E-state index contributed by atoms with van der Waals surface area (Å²) >= 11 is 0. The number of carbonyl (C=O) groups is 1. The zero-order valence-electron chi connectivity index (χ0n) is 13.5. The van der Waals surface area contributed by atoms with Crippen LogP contribution in [0, 0.1) is 0 Å². The van der Waals surface area contributed by atoms with Crippen molar-refractivity contribution in [2.75, 3.05) is 13.7 Å². The normalized spacial score (nSPS) is 15.7. The van der Waals surface area contributed by atoms with E-state index >= 15 is 0 Å². The van der Waals surface area contributed by atoms with Crippen molar-refractivity contribution in [3.05, 3.63) is 34.2 Å². The second kappa shape index (κ2) is 9.06. The first-order valence-electron chi connectivity index (χ1n) is 8.07. The molecule has 0 N–H and O–H groups in total. The van der Waals surface area contributed by atoms with Crippen LogP contribution < -0.4 is 9.47 Å². The molecule has 0 radical (unpaired) electrons. The lowest BCUT2D eigenvalue weighted by atomic mass is 9.94. The average molecular weight is 317 g/mol. The molecule has 1 saturated carbocycles. The molecule has 1 aliphatic carbocycles. The molecule has 6 nitrogen and oxygen atoms in total. The molecule has 0 spiro atoms. The molecule has 124 valence electrons. The van der Waals surface area contributed by atoms with Crippen molar-refractivity contribution in [2.24, 2.45) is 5.11 Å². The molecule has 0 bridgehead atoms. The molecule has 0 unspecified atom stereocenters. The second-order valence-electron chi connectivity index (χ2n) is 5.79. The molecule has 1 atom stereocenters. The van der Waals surface area contributed by atoms with Gasteiger partial charge in [-0.05, 0) is 61.2 Å². The first kappa shape index (κ1) is 17.2. The monoisotopic (exact) mass is 317 g/mol. The molecule has 0 heterocycles. The van der Waals surface area contributed by atoms with E-state index < -0.39 is 0 Å². The molecule has 0 aromatic heterocycles. The third kappa shape index (κ3) is 4.89. The molecule has 0 saturated heterocycles. The van der Waals surface area contributed by atoms with Crippen LogP contribution in [0.5, 0.6) is 11.5 Å². The van der Waals surface area contributed by atoms with Crippen LogP contribution in [0.1, 0.15) is 50.0 Å². The summed E-state index contributed by atoms with van der Waals surface area (Å²) < 4.78 is 11.5. The van der Waals surface area contributed by atoms with Crippen LogP contribution in [0.4, 0.5) is 0 Å². The first-order valence-corrected chi connectivity index (χ1v) is 8.07. The Bertz CT molecular complexity index is 564. The second-order valence-corrected chi connectivity index (χ2v) is 5.79. The summed E-state index contributed by atoms with van der Waals surface area (Å²) in [4.78, 5) is 13.5. The van der Waals surface area contributed by atoms with Gasteiger partial charge in [0.25, 0.3) is 0 Å². The van der Waals surface area contributed by atoms with Crippen molar-refractivity contribution in [3.8, 4) is 11.5 Å². The fraction of sp³-hybridized carbons (Fsp3) is 0.588. The highest BCUT2D eigenvalue weighted by molar-refractivity contribution is 5.50. The van der Waals surface area contributed by atoms with Crippen molar-refractivity contribution in [1.29, 1.82) is 0 Å². The number of carbonyl (C=O) groups excluding carboxylic acids is 1. The number of hydrogen-bond acceptors (Lipinski definition) is 4. The number of nitrogens with zero attached hydrogens (tertiary/aromatic N) is 3. The topological polar surface area (TPSA) is 84.3 Å². The Morgan fingerprint density at radius 1 is 1.39 bits per heavy atom. The van der Waals surface area contributed by atoms with Crippen LogP contribution in [0.15, 0.2) is 23.3 Å². The standard InChI is InChI=1S/C17H23N3O3/c1-22-16-9-8-13(14(5-4-10-21)12-19-20-18)11-17(16)23-15-6-2-3-7-15/h8-11,14-15H,2-7,12H2,1H3/t14-/m1/s1. The van der Waals surface area contributed by atoms with E-state index in [4.69, 9.17) is 15.0 Å². The molecule has 0 aliphatic heterocycles. The summed E-state index contributed by atoms with van der Waals surface area (Å²) in [5.41, 5.74) is 9.57. The number of rotatable bonds is 9. The molecule has 2 rings (SSSR count). The number of aldehydes is 1. The summed E-state index contributed by atoms with van der Waals surface area (Å²) in [5.74, 6) is 1.44. The van der Waals surface area contributed by atoms with Gasteiger partial charge in [0.15, 0.2) is 11.5 Å². The van der Waals surface area contributed by atoms with Gasteiger partial charge in [0.2, 0.25) is 0 Å². The zero-order valence-corrected chi connectivity index (χ0v) is 13.5. The number of ether oxygens (including phenoxy) is 2. The zero-order chi connectivity index (χ0) is 16.5. The Morgan fingerprint density at radius 3 is 2.83 bits per heavy atom. The number of benzene rings is 1. The van der Waals surface area contributed by atoms with Crippen LogP contribution >= 0.6 is 0 Å². The Balaban J connectivity index is 2.21. The van der Waals surface area contributed by atoms with E-state index in [1.54, 1.807) is 7.11 Å². The fourth-order valence-corrected chi connectivity index (χ4v) is 2.99. The van der Waals surface area contributed by atoms with E-state index in [2.05, 4.69) is 10.0 Å². The minimum atomic E-state index is 0.00735. The lowest BCUT2D eigenvalue weighted by molar-refractivity contribution is -0.108. The van der Waals surface area contributed by atoms with E-state index in [9.17, 15) is 4.79 Å². The van der Waals surface area contributed by atoms with Crippen molar-refractivity contribution in [1.82, 2.24) is 0 Å². The predicted molar refractivity (Wildman–Crippen MR) is 87.9 cm³/mol. The molecule has 1 fully saturated rings. The summed E-state index contributed by atoms with van der Waals surface area (Å²) in [6.45, 7) is 0.333.